The van der Waals surface area contributed by atoms with Crippen molar-refractivity contribution >= 4 is 23.4 Å². The van der Waals surface area contributed by atoms with E-state index in [9.17, 15) is 9.59 Å². The van der Waals surface area contributed by atoms with Gasteiger partial charge in [-0.2, -0.15) is 5.10 Å². The van der Waals surface area contributed by atoms with E-state index in [1.54, 1.807) is 21.7 Å². The van der Waals surface area contributed by atoms with Gasteiger partial charge in [0.15, 0.2) is 5.69 Å². The Labute approximate surface area is 174 Å². The van der Waals surface area contributed by atoms with Crippen molar-refractivity contribution in [3.8, 4) is 0 Å². The molecule has 0 aliphatic carbocycles. The van der Waals surface area contributed by atoms with Crippen LogP contribution < -0.4 is 5.32 Å². The fraction of sp³-hybridized carbons (Fsp3) is 0.227. The molecule has 0 saturated carbocycles. The van der Waals surface area contributed by atoms with E-state index in [2.05, 4.69) is 10.4 Å². The Bertz CT molecular complexity index is 1050. The van der Waals surface area contributed by atoms with E-state index >= 15 is 0 Å². The Morgan fingerprint density at radius 2 is 1.93 bits per heavy atom. The van der Waals surface area contributed by atoms with Crippen LogP contribution in [0.4, 0.5) is 0 Å². The summed E-state index contributed by atoms with van der Waals surface area (Å²) in [7, 11) is 0. The highest BCUT2D eigenvalue weighted by Crippen LogP contribution is 2.19. The van der Waals surface area contributed by atoms with E-state index < -0.39 is 0 Å². The largest absolute Gasteiger partial charge is 0.344 e. The number of amides is 2. The summed E-state index contributed by atoms with van der Waals surface area (Å²) in [4.78, 5) is 27.3. The second-order valence-electron chi connectivity index (χ2n) is 7.10. The number of benzene rings is 2. The number of halogens is 1. The van der Waals surface area contributed by atoms with Gasteiger partial charge in [0, 0.05) is 24.2 Å². The Morgan fingerprint density at radius 3 is 2.69 bits per heavy atom. The standard InChI is InChI=1S/C22H21ClN4O2/c1-15(17-7-3-2-4-8-17)24-21(28)19-13-20-22(29)26(10-11-27(20)25-19)14-16-6-5-9-18(23)12-16/h2-9,12-13,15H,10-11,14H2,1H3,(H,24,28)/t15-/m1/s1. The molecule has 0 bridgehead atoms. The highest BCUT2D eigenvalue weighted by atomic mass is 35.5. The Morgan fingerprint density at radius 1 is 1.14 bits per heavy atom. The summed E-state index contributed by atoms with van der Waals surface area (Å²) in [6, 6.07) is 18.6. The molecule has 29 heavy (non-hydrogen) atoms. The maximum Gasteiger partial charge on any atom is 0.272 e. The first-order valence-corrected chi connectivity index (χ1v) is 9.86. The van der Waals surface area contributed by atoms with Crippen LogP contribution in [0.25, 0.3) is 0 Å². The topological polar surface area (TPSA) is 67.2 Å². The van der Waals surface area contributed by atoms with Crippen molar-refractivity contribution in [3.05, 3.63) is 88.2 Å². The van der Waals surface area contributed by atoms with Crippen LogP contribution >= 0.6 is 11.6 Å². The average molecular weight is 409 g/mol. The fourth-order valence-electron chi connectivity index (χ4n) is 3.45. The van der Waals surface area contributed by atoms with Crippen LogP contribution in [0.2, 0.25) is 5.02 Å². The van der Waals surface area contributed by atoms with Crippen LogP contribution in [-0.2, 0) is 13.1 Å². The van der Waals surface area contributed by atoms with Gasteiger partial charge in [-0.3, -0.25) is 14.3 Å². The lowest BCUT2D eigenvalue weighted by atomic mass is 10.1. The molecule has 0 radical (unpaired) electrons. The quantitative estimate of drug-likeness (QED) is 0.700. The molecule has 1 N–H and O–H groups in total. The smallest absolute Gasteiger partial charge is 0.272 e. The molecule has 0 spiro atoms. The number of hydrogen-bond donors (Lipinski definition) is 1. The van der Waals surface area contributed by atoms with Crippen LogP contribution in [-0.4, -0.2) is 33.0 Å². The first-order chi connectivity index (χ1) is 14.0. The molecular formula is C22H21ClN4O2. The molecule has 4 rings (SSSR count). The van der Waals surface area contributed by atoms with Crippen molar-refractivity contribution in [1.82, 2.24) is 20.0 Å². The summed E-state index contributed by atoms with van der Waals surface area (Å²) in [5.41, 5.74) is 2.65. The van der Waals surface area contributed by atoms with Gasteiger partial charge in [0.05, 0.1) is 12.6 Å². The number of carbonyl (C=O) groups is 2. The molecule has 2 aromatic carbocycles. The molecule has 1 aromatic heterocycles. The third kappa shape index (κ3) is 4.17. The first-order valence-electron chi connectivity index (χ1n) is 9.48. The summed E-state index contributed by atoms with van der Waals surface area (Å²) < 4.78 is 1.61. The lowest BCUT2D eigenvalue weighted by molar-refractivity contribution is 0.0683. The monoisotopic (exact) mass is 408 g/mol. The van der Waals surface area contributed by atoms with Crippen LogP contribution in [0.15, 0.2) is 60.7 Å². The van der Waals surface area contributed by atoms with Crippen molar-refractivity contribution in [3.63, 3.8) is 0 Å². The molecule has 0 saturated heterocycles. The lowest BCUT2D eigenvalue weighted by Crippen LogP contribution is -2.39. The van der Waals surface area contributed by atoms with Gasteiger partial charge in [-0.05, 0) is 30.2 Å². The minimum absolute atomic E-state index is 0.140. The number of fused-ring (bicyclic) bond motifs is 1. The normalized spacial score (nSPS) is 14.4. The third-order valence-corrected chi connectivity index (χ3v) is 5.25. The van der Waals surface area contributed by atoms with Gasteiger partial charge in [-0.15, -0.1) is 0 Å². The van der Waals surface area contributed by atoms with Crippen molar-refractivity contribution < 1.29 is 9.59 Å². The maximum atomic E-state index is 12.9. The van der Waals surface area contributed by atoms with Crippen molar-refractivity contribution in [2.75, 3.05) is 6.54 Å². The number of rotatable bonds is 5. The second-order valence-corrected chi connectivity index (χ2v) is 7.54. The van der Waals surface area contributed by atoms with E-state index in [-0.39, 0.29) is 23.6 Å². The van der Waals surface area contributed by atoms with Gasteiger partial charge in [0.2, 0.25) is 0 Å². The van der Waals surface area contributed by atoms with Gasteiger partial charge in [-0.1, -0.05) is 54.1 Å². The first kappa shape index (κ1) is 19.2. The molecule has 2 heterocycles. The second kappa shape index (κ2) is 8.09. The number of aromatic nitrogens is 2. The molecule has 148 valence electrons. The Balaban J connectivity index is 1.47. The van der Waals surface area contributed by atoms with Crippen LogP contribution in [0.3, 0.4) is 0 Å². The van der Waals surface area contributed by atoms with Crippen LogP contribution in [0, 0.1) is 0 Å². The highest BCUT2D eigenvalue weighted by molar-refractivity contribution is 6.30. The predicted molar refractivity (Wildman–Crippen MR) is 111 cm³/mol. The minimum Gasteiger partial charge on any atom is -0.344 e. The number of carbonyl (C=O) groups excluding carboxylic acids is 2. The van der Waals surface area contributed by atoms with Crippen molar-refractivity contribution in [1.29, 1.82) is 0 Å². The van der Waals surface area contributed by atoms with Gasteiger partial charge in [0.1, 0.15) is 5.69 Å². The van der Waals surface area contributed by atoms with Gasteiger partial charge < -0.3 is 10.2 Å². The zero-order valence-corrected chi connectivity index (χ0v) is 16.8. The van der Waals surface area contributed by atoms with Gasteiger partial charge in [0.25, 0.3) is 11.8 Å². The van der Waals surface area contributed by atoms with E-state index in [0.29, 0.717) is 30.4 Å². The van der Waals surface area contributed by atoms with Crippen LogP contribution in [0.5, 0.6) is 0 Å². The number of nitrogens with zero attached hydrogens (tertiary/aromatic N) is 3. The molecule has 6 nitrogen and oxygen atoms in total. The molecule has 1 aliphatic heterocycles. The average Bonchev–Trinajstić information content (AvgIpc) is 3.16. The van der Waals surface area contributed by atoms with Gasteiger partial charge in [-0.25, -0.2) is 0 Å². The minimum atomic E-state index is -0.294. The Kier molecular flexibility index (Phi) is 5.36. The van der Waals surface area contributed by atoms with E-state index in [0.717, 1.165) is 11.1 Å². The summed E-state index contributed by atoms with van der Waals surface area (Å²) in [6.07, 6.45) is 0. The molecule has 0 unspecified atom stereocenters. The number of nitrogens with one attached hydrogen (secondary N) is 1. The molecule has 7 heteroatoms. The molecular weight excluding hydrogens is 388 g/mol. The molecule has 2 amide bonds. The van der Waals surface area contributed by atoms with Crippen molar-refractivity contribution in [2.24, 2.45) is 0 Å². The summed E-state index contributed by atoms with van der Waals surface area (Å²) >= 11 is 6.04. The molecule has 3 aromatic rings. The van der Waals surface area contributed by atoms with E-state index in [1.165, 1.54) is 0 Å². The highest BCUT2D eigenvalue weighted by Gasteiger charge is 2.28. The van der Waals surface area contributed by atoms with Gasteiger partial charge >= 0.3 is 0 Å². The summed E-state index contributed by atoms with van der Waals surface area (Å²) in [5.74, 6) is -0.434. The van der Waals surface area contributed by atoms with Crippen molar-refractivity contribution in [2.45, 2.75) is 26.1 Å². The number of hydrogen-bond acceptors (Lipinski definition) is 3. The molecule has 0 fully saturated rings. The fourth-order valence-corrected chi connectivity index (χ4v) is 3.66. The Hall–Kier alpha value is -3.12. The molecule has 1 aliphatic rings. The lowest BCUT2D eigenvalue weighted by Gasteiger charge is -2.27. The SMILES string of the molecule is C[C@@H](NC(=O)c1cc2n(n1)CCN(Cc1cccc(Cl)c1)C2=O)c1ccccc1. The van der Waals surface area contributed by atoms with Crippen LogP contribution in [0.1, 0.15) is 45.1 Å². The zero-order chi connectivity index (χ0) is 20.4. The maximum absolute atomic E-state index is 12.9. The zero-order valence-electron chi connectivity index (χ0n) is 16.0. The summed E-state index contributed by atoms with van der Waals surface area (Å²) in [5, 5.41) is 7.92. The van der Waals surface area contributed by atoms with E-state index in [1.807, 2.05) is 55.5 Å². The molecule has 1 atom stereocenters. The summed E-state index contributed by atoms with van der Waals surface area (Å²) in [6.45, 7) is 3.46. The van der Waals surface area contributed by atoms with E-state index in [4.69, 9.17) is 11.6 Å². The predicted octanol–water partition coefficient (Wildman–Crippen LogP) is 3.68. The third-order valence-electron chi connectivity index (χ3n) is 5.01.